The molecule has 1 N–H and O–H groups in total. The first-order valence-electron chi connectivity index (χ1n) is 8.67. The quantitative estimate of drug-likeness (QED) is 0.942. The number of pyridine rings is 1. The third-order valence-corrected chi connectivity index (χ3v) is 5.08. The molecule has 120 valence electrons. The summed E-state index contributed by atoms with van der Waals surface area (Å²) in [5, 5.41) is 5.92. The summed E-state index contributed by atoms with van der Waals surface area (Å²) in [6.07, 6.45) is 6.26. The number of nitrogens with zero attached hydrogens (tertiary/aromatic N) is 2. The third kappa shape index (κ3) is 3.16. The van der Waals surface area contributed by atoms with Gasteiger partial charge in [-0.05, 0) is 43.1 Å². The number of carbonyl (C=O) groups excluding carboxylic acids is 1. The molecule has 2 fully saturated rings. The highest BCUT2D eigenvalue weighted by Gasteiger charge is 2.34. The van der Waals surface area contributed by atoms with Crippen LogP contribution in [-0.4, -0.2) is 35.4 Å². The van der Waals surface area contributed by atoms with Gasteiger partial charge in [-0.1, -0.05) is 24.3 Å². The molecule has 0 spiro atoms. The van der Waals surface area contributed by atoms with Crippen LogP contribution in [0.2, 0.25) is 0 Å². The number of aromatic nitrogens is 1. The topological polar surface area (TPSA) is 45.2 Å². The zero-order valence-corrected chi connectivity index (χ0v) is 13.4. The van der Waals surface area contributed by atoms with Gasteiger partial charge in [0.1, 0.15) is 5.82 Å². The lowest BCUT2D eigenvalue weighted by Gasteiger charge is -2.32. The van der Waals surface area contributed by atoms with Crippen molar-refractivity contribution < 1.29 is 4.79 Å². The van der Waals surface area contributed by atoms with E-state index in [9.17, 15) is 4.79 Å². The summed E-state index contributed by atoms with van der Waals surface area (Å²) in [5.74, 6) is 2.34. The van der Waals surface area contributed by atoms with Gasteiger partial charge in [-0.2, -0.15) is 0 Å². The first-order chi connectivity index (χ1) is 11.3. The number of rotatable bonds is 4. The van der Waals surface area contributed by atoms with Crippen molar-refractivity contribution in [3.05, 3.63) is 36.5 Å². The molecule has 1 saturated heterocycles. The van der Waals surface area contributed by atoms with Crippen molar-refractivity contribution in [1.29, 1.82) is 0 Å². The van der Waals surface area contributed by atoms with Crippen molar-refractivity contribution in [2.75, 3.05) is 25.0 Å². The van der Waals surface area contributed by atoms with Crippen LogP contribution in [0, 0.1) is 11.8 Å². The number of carbonyl (C=O) groups is 1. The average Bonchev–Trinajstić information content (AvgIpc) is 3.45. The molecule has 1 aromatic heterocycles. The Hall–Kier alpha value is -2.10. The first kappa shape index (κ1) is 14.5. The van der Waals surface area contributed by atoms with E-state index in [0.717, 1.165) is 51.1 Å². The highest BCUT2D eigenvalue weighted by Crippen LogP contribution is 2.32. The number of anilines is 1. The van der Waals surface area contributed by atoms with Crippen LogP contribution in [0.3, 0.4) is 0 Å². The van der Waals surface area contributed by atoms with Gasteiger partial charge in [0.15, 0.2) is 0 Å². The fraction of sp³-hybridized carbons (Fsp3) is 0.474. The van der Waals surface area contributed by atoms with E-state index in [4.69, 9.17) is 0 Å². The molecule has 1 aliphatic heterocycles. The lowest BCUT2D eigenvalue weighted by molar-refractivity contribution is -0.133. The van der Waals surface area contributed by atoms with Gasteiger partial charge in [0.2, 0.25) is 5.91 Å². The zero-order valence-electron chi connectivity index (χ0n) is 13.4. The first-order valence-corrected chi connectivity index (χ1v) is 8.67. The number of nitrogens with one attached hydrogen (secondary N) is 1. The molecule has 2 aliphatic rings. The Bertz CT molecular complexity index is 697. The molecule has 1 amide bonds. The third-order valence-electron chi connectivity index (χ3n) is 5.08. The Morgan fingerprint density at radius 1 is 1.13 bits per heavy atom. The number of benzene rings is 1. The fourth-order valence-electron chi connectivity index (χ4n) is 3.45. The maximum atomic E-state index is 12.1. The molecule has 4 rings (SSSR count). The Morgan fingerprint density at radius 3 is 2.70 bits per heavy atom. The smallest absolute Gasteiger partial charge is 0.225 e. The van der Waals surface area contributed by atoms with Gasteiger partial charge in [-0.3, -0.25) is 4.79 Å². The maximum Gasteiger partial charge on any atom is 0.225 e. The Morgan fingerprint density at radius 2 is 1.91 bits per heavy atom. The van der Waals surface area contributed by atoms with E-state index < -0.39 is 0 Å². The molecule has 1 aliphatic carbocycles. The highest BCUT2D eigenvalue weighted by molar-refractivity contribution is 5.91. The van der Waals surface area contributed by atoms with Gasteiger partial charge in [0.05, 0.1) is 0 Å². The standard InChI is InChI=1S/C19H23N3O/c23-19(16-5-6-16)22-11-8-14(9-12-22)13-21-18-17-4-2-1-3-15(17)7-10-20-18/h1-4,7,10,14,16H,5-6,8-9,11-13H2,(H,20,21). The van der Waals surface area contributed by atoms with Crippen molar-refractivity contribution in [3.8, 4) is 0 Å². The van der Waals surface area contributed by atoms with Crippen molar-refractivity contribution in [3.63, 3.8) is 0 Å². The van der Waals surface area contributed by atoms with Crippen molar-refractivity contribution >= 4 is 22.5 Å². The van der Waals surface area contributed by atoms with Crippen molar-refractivity contribution in [2.24, 2.45) is 11.8 Å². The van der Waals surface area contributed by atoms with Gasteiger partial charge in [-0.15, -0.1) is 0 Å². The summed E-state index contributed by atoms with van der Waals surface area (Å²) in [7, 11) is 0. The Kier molecular flexibility index (Phi) is 3.90. The number of hydrogen-bond acceptors (Lipinski definition) is 3. The molecule has 23 heavy (non-hydrogen) atoms. The summed E-state index contributed by atoms with van der Waals surface area (Å²) in [6.45, 7) is 2.78. The average molecular weight is 309 g/mol. The molecule has 1 aromatic carbocycles. The van der Waals surface area contributed by atoms with E-state index in [2.05, 4.69) is 39.5 Å². The molecule has 4 heteroatoms. The number of amides is 1. The molecular weight excluding hydrogens is 286 g/mol. The second-order valence-electron chi connectivity index (χ2n) is 6.80. The SMILES string of the molecule is O=C(C1CC1)N1CCC(CNc2nccc3ccccc23)CC1. The van der Waals surface area contributed by atoms with Crippen LogP contribution >= 0.6 is 0 Å². The number of hydrogen-bond donors (Lipinski definition) is 1. The maximum absolute atomic E-state index is 12.1. The predicted molar refractivity (Wildman–Crippen MR) is 92.3 cm³/mol. The number of likely N-dealkylation sites (tertiary alicyclic amines) is 1. The predicted octanol–water partition coefficient (Wildman–Crippen LogP) is 3.30. The largest absolute Gasteiger partial charge is 0.369 e. The van der Waals surface area contributed by atoms with Crippen LogP contribution in [0.1, 0.15) is 25.7 Å². The van der Waals surface area contributed by atoms with Crippen LogP contribution in [0.25, 0.3) is 10.8 Å². The summed E-state index contributed by atoms with van der Waals surface area (Å²) >= 11 is 0. The van der Waals surface area contributed by atoms with E-state index >= 15 is 0 Å². The van der Waals surface area contributed by atoms with E-state index in [0.29, 0.717) is 17.7 Å². The second kappa shape index (κ2) is 6.19. The van der Waals surface area contributed by atoms with E-state index in [1.54, 1.807) is 0 Å². The van der Waals surface area contributed by atoms with Crippen molar-refractivity contribution in [1.82, 2.24) is 9.88 Å². The van der Waals surface area contributed by atoms with Crippen LogP contribution in [0.4, 0.5) is 5.82 Å². The monoisotopic (exact) mass is 309 g/mol. The molecule has 2 heterocycles. The van der Waals surface area contributed by atoms with Crippen molar-refractivity contribution in [2.45, 2.75) is 25.7 Å². The summed E-state index contributed by atoms with van der Waals surface area (Å²) < 4.78 is 0. The van der Waals surface area contributed by atoms with Crippen LogP contribution in [-0.2, 0) is 4.79 Å². The molecule has 0 bridgehead atoms. The van der Waals surface area contributed by atoms with Gasteiger partial charge in [-0.25, -0.2) is 4.98 Å². The summed E-state index contributed by atoms with van der Waals surface area (Å²) in [5.41, 5.74) is 0. The summed E-state index contributed by atoms with van der Waals surface area (Å²) in [6, 6.07) is 10.4. The minimum absolute atomic E-state index is 0.351. The molecule has 0 atom stereocenters. The molecule has 2 aromatic rings. The minimum atomic E-state index is 0.351. The van der Waals surface area contributed by atoms with Crippen LogP contribution < -0.4 is 5.32 Å². The van der Waals surface area contributed by atoms with Crippen LogP contribution in [0.5, 0.6) is 0 Å². The number of fused-ring (bicyclic) bond motifs is 1. The van der Waals surface area contributed by atoms with E-state index in [-0.39, 0.29) is 0 Å². The highest BCUT2D eigenvalue weighted by atomic mass is 16.2. The minimum Gasteiger partial charge on any atom is -0.369 e. The number of piperidine rings is 1. The zero-order chi connectivity index (χ0) is 15.6. The Balaban J connectivity index is 1.34. The molecule has 0 radical (unpaired) electrons. The second-order valence-corrected chi connectivity index (χ2v) is 6.80. The van der Waals surface area contributed by atoms with E-state index in [1.807, 2.05) is 12.3 Å². The van der Waals surface area contributed by atoms with Gasteiger partial charge in [0.25, 0.3) is 0 Å². The molecule has 0 unspecified atom stereocenters. The normalized spacial score (nSPS) is 19.0. The van der Waals surface area contributed by atoms with Gasteiger partial charge < -0.3 is 10.2 Å². The molecule has 4 nitrogen and oxygen atoms in total. The Labute approximate surface area is 136 Å². The van der Waals surface area contributed by atoms with Gasteiger partial charge in [0, 0.05) is 37.1 Å². The summed E-state index contributed by atoms with van der Waals surface area (Å²) in [4.78, 5) is 18.7. The molecule has 1 saturated carbocycles. The lowest BCUT2D eigenvalue weighted by Crippen LogP contribution is -2.40. The van der Waals surface area contributed by atoms with Gasteiger partial charge >= 0.3 is 0 Å². The van der Waals surface area contributed by atoms with Crippen LogP contribution in [0.15, 0.2) is 36.5 Å². The molecular formula is C19H23N3O. The fourth-order valence-corrected chi connectivity index (χ4v) is 3.45. The van der Waals surface area contributed by atoms with E-state index in [1.165, 1.54) is 10.8 Å². The lowest BCUT2D eigenvalue weighted by atomic mass is 9.96.